The second-order valence-electron chi connectivity index (χ2n) is 4.49. The van der Waals surface area contributed by atoms with E-state index in [0.717, 1.165) is 0 Å². The Labute approximate surface area is 132 Å². The highest BCUT2D eigenvalue weighted by Gasteiger charge is 2.36. The number of nitro benzene ring substituents is 1. The quantitative estimate of drug-likeness (QED) is 0.500. The highest BCUT2D eigenvalue weighted by molar-refractivity contribution is 5.90. The molecule has 2 rings (SSSR count). The highest BCUT2D eigenvalue weighted by atomic mass is 35.5. The van der Waals surface area contributed by atoms with Crippen LogP contribution in [0, 0.1) is 10.1 Å². The molecule has 1 heterocycles. The molecule has 0 aliphatic carbocycles. The number of esters is 2. The summed E-state index contributed by atoms with van der Waals surface area (Å²) in [4.78, 5) is 33.5. The minimum Gasteiger partial charge on any atom is -0.468 e. The van der Waals surface area contributed by atoms with Gasteiger partial charge in [-0.05, 0) is 25.1 Å². The smallest absolute Gasteiger partial charge is 0.338 e. The summed E-state index contributed by atoms with van der Waals surface area (Å²) in [5.41, 5.74) is 0.0811. The molecule has 0 saturated carbocycles. The number of non-ortho nitro benzene ring substituents is 1. The summed E-state index contributed by atoms with van der Waals surface area (Å²) in [6, 6.07) is 4.39. The zero-order valence-electron chi connectivity index (χ0n) is 11.7. The van der Waals surface area contributed by atoms with E-state index in [4.69, 9.17) is 4.74 Å². The van der Waals surface area contributed by atoms with Crippen molar-refractivity contribution in [2.75, 3.05) is 13.7 Å². The second-order valence-corrected chi connectivity index (χ2v) is 4.49. The van der Waals surface area contributed by atoms with E-state index in [9.17, 15) is 19.7 Å². The van der Waals surface area contributed by atoms with Gasteiger partial charge >= 0.3 is 11.9 Å². The summed E-state index contributed by atoms with van der Waals surface area (Å²) >= 11 is 0. The number of hydrogen-bond acceptors (Lipinski definition) is 7. The zero-order valence-corrected chi connectivity index (χ0v) is 12.5. The molecule has 1 saturated heterocycles. The molecule has 1 N–H and O–H groups in total. The van der Waals surface area contributed by atoms with E-state index in [1.807, 2.05) is 0 Å². The number of carbonyl (C=O) groups excluding carboxylic acids is 2. The summed E-state index contributed by atoms with van der Waals surface area (Å²) in [5, 5.41) is 13.4. The first kappa shape index (κ1) is 17.9. The van der Waals surface area contributed by atoms with E-state index >= 15 is 0 Å². The van der Waals surface area contributed by atoms with Crippen LogP contribution in [0.25, 0.3) is 0 Å². The Morgan fingerprint density at radius 3 is 2.50 bits per heavy atom. The summed E-state index contributed by atoms with van der Waals surface area (Å²) in [6.07, 6.45) is -0.112. The van der Waals surface area contributed by atoms with Gasteiger partial charge < -0.3 is 14.8 Å². The SMILES string of the molecule is COC(=O)[C@H]1NCC[C@H]1OC(=O)c1ccc([N+](=O)[O-])cc1.Cl. The molecule has 9 heteroatoms. The van der Waals surface area contributed by atoms with Crippen molar-refractivity contribution in [1.82, 2.24) is 5.32 Å². The van der Waals surface area contributed by atoms with Gasteiger partial charge in [0, 0.05) is 12.1 Å². The molecule has 1 aliphatic rings. The lowest BCUT2D eigenvalue weighted by Crippen LogP contribution is -2.41. The Hall–Kier alpha value is -2.19. The van der Waals surface area contributed by atoms with Crippen LogP contribution in [-0.2, 0) is 14.3 Å². The number of ether oxygens (including phenoxy) is 2. The maximum atomic E-state index is 12.0. The molecular weight excluding hydrogens is 316 g/mol. The fraction of sp³-hybridized carbons (Fsp3) is 0.385. The van der Waals surface area contributed by atoms with E-state index in [0.29, 0.717) is 13.0 Å². The van der Waals surface area contributed by atoms with Gasteiger partial charge in [0.05, 0.1) is 17.6 Å². The molecule has 1 fully saturated rings. The molecule has 120 valence electrons. The lowest BCUT2D eigenvalue weighted by Gasteiger charge is -2.17. The molecule has 0 aromatic heterocycles. The lowest BCUT2D eigenvalue weighted by molar-refractivity contribution is -0.384. The third-order valence-corrected chi connectivity index (χ3v) is 3.19. The summed E-state index contributed by atoms with van der Waals surface area (Å²) in [6.45, 7) is 0.540. The average molecular weight is 331 g/mol. The number of benzene rings is 1. The minimum absolute atomic E-state index is 0. The van der Waals surface area contributed by atoms with Crippen LogP contribution in [0.15, 0.2) is 24.3 Å². The predicted molar refractivity (Wildman–Crippen MR) is 78.0 cm³/mol. The van der Waals surface area contributed by atoms with Crippen molar-refractivity contribution >= 4 is 30.0 Å². The molecule has 0 unspecified atom stereocenters. The average Bonchev–Trinajstić information content (AvgIpc) is 2.94. The van der Waals surface area contributed by atoms with Crippen molar-refractivity contribution in [2.24, 2.45) is 0 Å². The van der Waals surface area contributed by atoms with Gasteiger partial charge in [0.25, 0.3) is 5.69 Å². The van der Waals surface area contributed by atoms with Gasteiger partial charge in [-0.1, -0.05) is 0 Å². The number of hydrogen-bond donors (Lipinski definition) is 1. The number of nitrogens with one attached hydrogen (secondary N) is 1. The van der Waals surface area contributed by atoms with Gasteiger partial charge in [0.15, 0.2) is 0 Å². The topological polar surface area (TPSA) is 108 Å². The zero-order chi connectivity index (χ0) is 15.4. The molecule has 1 aliphatic heterocycles. The first-order valence-electron chi connectivity index (χ1n) is 6.29. The molecule has 2 atom stereocenters. The number of nitro groups is 1. The summed E-state index contributed by atoms with van der Waals surface area (Å²) in [7, 11) is 1.26. The van der Waals surface area contributed by atoms with Gasteiger partial charge in [-0.15, -0.1) is 12.4 Å². The number of nitrogens with zero attached hydrogens (tertiary/aromatic N) is 1. The van der Waals surface area contributed by atoms with E-state index in [-0.39, 0.29) is 23.7 Å². The molecule has 0 amide bonds. The molecule has 0 bridgehead atoms. The molecule has 1 aromatic carbocycles. The van der Waals surface area contributed by atoms with Gasteiger partial charge in [-0.25, -0.2) is 4.79 Å². The normalized spacial score (nSPS) is 19.9. The summed E-state index contributed by atoms with van der Waals surface area (Å²) < 4.78 is 9.89. The third kappa shape index (κ3) is 3.92. The Morgan fingerprint density at radius 1 is 1.32 bits per heavy atom. The fourth-order valence-electron chi connectivity index (χ4n) is 2.09. The first-order chi connectivity index (χ1) is 10.0. The van der Waals surface area contributed by atoms with E-state index < -0.39 is 29.0 Å². The van der Waals surface area contributed by atoms with Crippen LogP contribution in [0.4, 0.5) is 5.69 Å². The predicted octanol–water partition coefficient (Wildman–Crippen LogP) is 1.08. The van der Waals surface area contributed by atoms with Gasteiger partial charge in [-0.3, -0.25) is 14.9 Å². The van der Waals surface area contributed by atoms with Crippen LogP contribution in [0.5, 0.6) is 0 Å². The van der Waals surface area contributed by atoms with Crippen LogP contribution in [0.2, 0.25) is 0 Å². The molecule has 22 heavy (non-hydrogen) atoms. The monoisotopic (exact) mass is 330 g/mol. The van der Waals surface area contributed by atoms with E-state index in [1.165, 1.54) is 31.4 Å². The maximum Gasteiger partial charge on any atom is 0.338 e. The van der Waals surface area contributed by atoms with Crippen molar-refractivity contribution in [3.05, 3.63) is 39.9 Å². The fourth-order valence-corrected chi connectivity index (χ4v) is 2.09. The van der Waals surface area contributed by atoms with Crippen LogP contribution in [-0.4, -0.2) is 42.7 Å². The van der Waals surface area contributed by atoms with Gasteiger partial charge in [0.2, 0.25) is 0 Å². The van der Waals surface area contributed by atoms with Gasteiger partial charge in [0.1, 0.15) is 12.1 Å². The van der Waals surface area contributed by atoms with E-state index in [1.54, 1.807) is 0 Å². The first-order valence-corrected chi connectivity index (χ1v) is 6.29. The van der Waals surface area contributed by atoms with Crippen molar-refractivity contribution < 1.29 is 24.0 Å². The Balaban J connectivity index is 0.00000242. The molecule has 1 aromatic rings. The molecule has 0 spiro atoms. The minimum atomic E-state index is -0.683. The Kier molecular flexibility index (Phi) is 6.26. The Bertz CT molecular complexity index is 562. The van der Waals surface area contributed by atoms with Crippen molar-refractivity contribution in [1.29, 1.82) is 0 Å². The number of methoxy groups -OCH3 is 1. The number of carbonyl (C=O) groups is 2. The summed E-state index contributed by atoms with van der Waals surface area (Å²) in [5.74, 6) is -1.12. The van der Waals surface area contributed by atoms with Crippen LogP contribution < -0.4 is 5.32 Å². The molecule has 0 radical (unpaired) electrons. The van der Waals surface area contributed by atoms with Crippen LogP contribution in [0.3, 0.4) is 0 Å². The van der Waals surface area contributed by atoms with Crippen molar-refractivity contribution in [2.45, 2.75) is 18.6 Å². The maximum absolute atomic E-state index is 12.0. The lowest BCUT2D eigenvalue weighted by atomic mass is 10.1. The van der Waals surface area contributed by atoms with Crippen molar-refractivity contribution in [3.63, 3.8) is 0 Å². The second kappa shape index (κ2) is 7.71. The third-order valence-electron chi connectivity index (χ3n) is 3.19. The van der Waals surface area contributed by atoms with Gasteiger partial charge in [-0.2, -0.15) is 0 Å². The van der Waals surface area contributed by atoms with Crippen LogP contribution >= 0.6 is 12.4 Å². The highest BCUT2D eigenvalue weighted by Crippen LogP contribution is 2.17. The largest absolute Gasteiger partial charge is 0.468 e. The van der Waals surface area contributed by atoms with Crippen LogP contribution in [0.1, 0.15) is 16.8 Å². The van der Waals surface area contributed by atoms with Crippen molar-refractivity contribution in [3.8, 4) is 0 Å². The Morgan fingerprint density at radius 2 is 1.95 bits per heavy atom. The number of rotatable bonds is 4. The van der Waals surface area contributed by atoms with E-state index in [2.05, 4.69) is 10.1 Å². The molecule has 8 nitrogen and oxygen atoms in total. The standard InChI is InChI=1S/C13H14N2O6.ClH/c1-20-13(17)11-10(6-7-14-11)21-12(16)8-2-4-9(5-3-8)15(18)19;/h2-5,10-11,14H,6-7H2,1H3;1H/t10-,11+;/m1./s1. The molecular formula is C13H15ClN2O6. The number of halogens is 1.